The Balaban J connectivity index is 3.71. The third-order valence-electron chi connectivity index (χ3n) is 2.58. The molecule has 0 radical (unpaired) electrons. The summed E-state index contributed by atoms with van der Waals surface area (Å²) in [7, 11) is 0. The molecule has 0 aliphatic heterocycles. The van der Waals surface area contributed by atoms with Gasteiger partial charge >= 0.3 is 12.1 Å². The van der Waals surface area contributed by atoms with E-state index in [1.807, 2.05) is 41.5 Å². The van der Waals surface area contributed by atoms with Crippen molar-refractivity contribution in [3.8, 4) is 0 Å². The van der Waals surface area contributed by atoms with E-state index in [2.05, 4.69) is 11.1 Å². The summed E-state index contributed by atoms with van der Waals surface area (Å²) in [6, 6.07) is 0.0383. The van der Waals surface area contributed by atoms with Gasteiger partial charge in [-0.05, 0) is 60.8 Å². The molecule has 0 fully saturated rings. The van der Waals surface area contributed by atoms with Crippen LogP contribution < -0.4 is 11.1 Å². The van der Waals surface area contributed by atoms with E-state index < -0.39 is 17.3 Å². The fourth-order valence-corrected chi connectivity index (χ4v) is 1.78. The van der Waals surface area contributed by atoms with Crippen LogP contribution in [0.15, 0.2) is 0 Å². The molecule has 6 nitrogen and oxygen atoms in total. The van der Waals surface area contributed by atoms with Crippen LogP contribution in [0.5, 0.6) is 0 Å². The Morgan fingerprint density at radius 3 is 2.05 bits per heavy atom. The minimum Gasteiger partial charge on any atom is -0.460 e. The molecular weight excluding hydrogens is 284 g/mol. The van der Waals surface area contributed by atoms with E-state index in [9.17, 15) is 9.59 Å². The minimum atomic E-state index is -0.476. The van der Waals surface area contributed by atoms with Crippen molar-refractivity contribution in [1.29, 1.82) is 0 Å². The van der Waals surface area contributed by atoms with Crippen molar-refractivity contribution in [2.24, 2.45) is 0 Å². The molecular formula is C16H33N2O4+. The molecule has 0 saturated heterocycles. The van der Waals surface area contributed by atoms with Crippen LogP contribution in [0.1, 0.15) is 67.2 Å². The largest absolute Gasteiger partial charge is 0.460 e. The standard InChI is InChI=1S/C16H32N2O4/c1-15(2,3)21-13(19)11-12(17)9-7-8-10-18-14(20)22-16(4,5)6/h12H,7-11,17H2,1-6H3,(H,18,20)/p+1. The van der Waals surface area contributed by atoms with Gasteiger partial charge in [0.1, 0.15) is 11.2 Å². The summed E-state index contributed by atoms with van der Waals surface area (Å²) in [4.78, 5) is 23.1. The van der Waals surface area contributed by atoms with Crippen molar-refractivity contribution in [2.75, 3.05) is 6.54 Å². The molecule has 22 heavy (non-hydrogen) atoms. The van der Waals surface area contributed by atoms with Gasteiger partial charge in [0.2, 0.25) is 0 Å². The van der Waals surface area contributed by atoms with Gasteiger partial charge in [-0.15, -0.1) is 0 Å². The zero-order valence-electron chi connectivity index (χ0n) is 15.0. The average Bonchev–Trinajstić information content (AvgIpc) is 2.22. The van der Waals surface area contributed by atoms with Gasteiger partial charge in [-0.2, -0.15) is 0 Å². The number of carbonyl (C=O) groups is 2. The number of esters is 1. The number of unbranched alkanes of at least 4 members (excludes halogenated alkanes) is 1. The van der Waals surface area contributed by atoms with Gasteiger partial charge in [-0.3, -0.25) is 4.79 Å². The third kappa shape index (κ3) is 13.7. The monoisotopic (exact) mass is 317 g/mol. The number of alkyl carbamates (subject to hydrolysis) is 1. The molecule has 0 saturated carbocycles. The quantitative estimate of drug-likeness (QED) is 0.555. The predicted octanol–water partition coefficient (Wildman–Crippen LogP) is 2.02. The summed E-state index contributed by atoms with van der Waals surface area (Å²) >= 11 is 0. The lowest BCUT2D eigenvalue weighted by Crippen LogP contribution is -2.61. The van der Waals surface area contributed by atoms with E-state index in [0.29, 0.717) is 13.0 Å². The summed E-state index contributed by atoms with van der Waals surface area (Å²) in [5.74, 6) is -0.209. The van der Waals surface area contributed by atoms with Gasteiger partial charge in [0.15, 0.2) is 0 Å². The van der Waals surface area contributed by atoms with Crippen LogP contribution in [0.25, 0.3) is 0 Å². The van der Waals surface area contributed by atoms with E-state index in [1.54, 1.807) is 0 Å². The summed E-state index contributed by atoms with van der Waals surface area (Å²) < 4.78 is 10.4. The molecule has 6 heteroatoms. The van der Waals surface area contributed by atoms with Gasteiger partial charge < -0.3 is 20.5 Å². The van der Waals surface area contributed by atoms with Crippen molar-refractivity contribution in [2.45, 2.75) is 84.5 Å². The van der Waals surface area contributed by atoms with Crippen LogP contribution in [0.2, 0.25) is 0 Å². The fraction of sp³-hybridized carbons (Fsp3) is 0.875. The van der Waals surface area contributed by atoms with Crippen LogP contribution in [0.4, 0.5) is 4.79 Å². The van der Waals surface area contributed by atoms with E-state index in [4.69, 9.17) is 9.47 Å². The van der Waals surface area contributed by atoms with Crippen LogP contribution in [0.3, 0.4) is 0 Å². The summed E-state index contributed by atoms with van der Waals surface area (Å²) in [5.41, 5.74) is 3.05. The van der Waals surface area contributed by atoms with Crippen molar-refractivity contribution in [1.82, 2.24) is 5.32 Å². The van der Waals surface area contributed by atoms with Crippen molar-refractivity contribution in [3.63, 3.8) is 0 Å². The Hall–Kier alpha value is -1.30. The van der Waals surface area contributed by atoms with E-state index in [-0.39, 0.29) is 12.0 Å². The number of quaternary nitrogens is 1. The molecule has 0 bridgehead atoms. The first-order chi connectivity index (χ1) is 9.89. The fourth-order valence-electron chi connectivity index (χ4n) is 1.78. The van der Waals surface area contributed by atoms with Gasteiger partial charge in [0.25, 0.3) is 0 Å². The molecule has 0 aromatic heterocycles. The van der Waals surface area contributed by atoms with Crippen LogP contribution in [0, 0.1) is 0 Å². The van der Waals surface area contributed by atoms with Crippen molar-refractivity contribution >= 4 is 12.1 Å². The number of hydrogen-bond acceptors (Lipinski definition) is 4. The number of ether oxygens (including phenoxy) is 2. The number of amides is 1. The zero-order valence-corrected chi connectivity index (χ0v) is 15.0. The molecule has 4 N–H and O–H groups in total. The second-order valence-electron chi connectivity index (χ2n) is 7.58. The number of rotatable bonds is 7. The lowest BCUT2D eigenvalue weighted by Gasteiger charge is -2.20. The summed E-state index contributed by atoms with van der Waals surface area (Å²) in [6.07, 6.45) is 2.49. The second kappa shape index (κ2) is 8.98. The van der Waals surface area contributed by atoms with Gasteiger partial charge in [0, 0.05) is 6.54 Å². The number of carbonyl (C=O) groups excluding carboxylic acids is 2. The number of nitrogens with one attached hydrogen (secondary N) is 1. The van der Waals surface area contributed by atoms with Crippen LogP contribution in [-0.4, -0.2) is 35.9 Å². The highest BCUT2D eigenvalue weighted by Gasteiger charge is 2.20. The number of hydrogen-bond donors (Lipinski definition) is 2. The van der Waals surface area contributed by atoms with Crippen LogP contribution in [-0.2, 0) is 14.3 Å². The topological polar surface area (TPSA) is 92.3 Å². The van der Waals surface area contributed by atoms with Gasteiger partial charge in [0.05, 0.1) is 12.5 Å². The smallest absolute Gasteiger partial charge is 0.407 e. The van der Waals surface area contributed by atoms with E-state index in [0.717, 1.165) is 19.3 Å². The maximum absolute atomic E-state index is 11.6. The van der Waals surface area contributed by atoms with Crippen molar-refractivity contribution in [3.05, 3.63) is 0 Å². The van der Waals surface area contributed by atoms with E-state index >= 15 is 0 Å². The molecule has 1 unspecified atom stereocenters. The molecule has 0 aliphatic carbocycles. The SMILES string of the molecule is CC(C)(C)OC(=O)CC([NH3+])CCCCNC(=O)OC(C)(C)C. The zero-order chi connectivity index (χ0) is 17.4. The Bertz CT molecular complexity index is 356. The first-order valence-electron chi connectivity index (χ1n) is 7.91. The Labute approximate surface area is 134 Å². The molecule has 130 valence electrons. The lowest BCUT2D eigenvalue weighted by atomic mass is 10.1. The molecule has 0 spiro atoms. The Morgan fingerprint density at radius 2 is 1.55 bits per heavy atom. The normalized spacial score (nSPS) is 13.4. The minimum absolute atomic E-state index is 0.0383. The first kappa shape index (κ1) is 20.7. The molecule has 0 aliphatic rings. The van der Waals surface area contributed by atoms with E-state index in [1.165, 1.54) is 0 Å². The summed E-state index contributed by atoms with van der Waals surface area (Å²) in [6.45, 7) is 11.6. The highest BCUT2D eigenvalue weighted by atomic mass is 16.6. The summed E-state index contributed by atoms with van der Waals surface area (Å²) in [5, 5.41) is 2.71. The Morgan fingerprint density at radius 1 is 1.00 bits per heavy atom. The maximum atomic E-state index is 11.6. The molecule has 0 aromatic rings. The molecule has 0 rings (SSSR count). The Kier molecular flexibility index (Phi) is 8.45. The average molecular weight is 317 g/mol. The first-order valence-corrected chi connectivity index (χ1v) is 7.91. The van der Waals surface area contributed by atoms with Gasteiger partial charge in [-0.25, -0.2) is 4.79 Å². The maximum Gasteiger partial charge on any atom is 0.407 e. The van der Waals surface area contributed by atoms with Crippen LogP contribution >= 0.6 is 0 Å². The van der Waals surface area contributed by atoms with Gasteiger partial charge in [-0.1, -0.05) is 0 Å². The third-order valence-corrected chi connectivity index (χ3v) is 2.58. The highest BCUT2D eigenvalue weighted by Crippen LogP contribution is 2.10. The molecule has 1 amide bonds. The second-order valence-corrected chi connectivity index (χ2v) is 7.58. The predicted molar refractivity (Wildman–Crippen MR) is 85.2 cm³/mol. The van der Waals surface area contributed by atoms with Crippen molar-refractivity contribution < 1.29 is 24.8 Å². The molecule has 0 aromatic carbocycles. The molecule has 0 heterocycles. The molecule has 1 atom stereocenters. The highest BCUT2D eigenvalue weighted by molar-refractivity contribution is 5.70. The lowest BCUT2D eigenvalue weighted by molar-refractivity contribution is -0.420.